The van der Waals surface area contributed by atoms with Gasteiger partial charge in [-0.3, -0.25) is 9.20 Å². The third-order valence-corrected chi connectivity index (χ3v) is 6.17. The number of allylic oxidation sites excluding steroid dienone is 1. The second-order valence-corrected chi connectivity index (χ2v) is 8.41. The highest BCUT2D eigenvalue weighted by Crippen LogP contribution is 2.30. The van der Waals surface area contributed by atoms with E-state index in [-0.39, 0.29) is 5.78 Å². The topological polar surface area (TPSA) is 53.7 Å². The summed E-state index contributed by atoms with van der Waals surface area (Å²) in [5, 5.41) is 0. The van der Waals surface area contributed by atoms with Crippen molar-refractivity contribution in [2.45, 2.75) is 26.2 Å². The SMILES string of the molecule is Cc1ccn2cc(C3=Cc4ccc(N5CCCN(C)CC5)cc4CCC3=O)nc2n1. The lowest BCUT2D eigenvalue weighted by Gasteiger charge is -2.24. The van der Waals surface area contributed by atoms with Crippen LogP contribution in [0.2, 0.25) is 0 Å². The zero-order valence-electron chi connectivity index (χ0n) is 17.6. The molecular weight excluding hydrogens is 374 g/mol. The quantitative estimate of drug-likeness (QED) is 0.660. The highest BCUT2D eigenvalue weighted by molar-refractivity contribution is 6.25. The van der Waals surface area contributed by atoms with Gasteiger partial charge in [0.2, 0.25) is 5.78 Å². The molecule has 0 atom stereocenters. The maximum atomic E-state index is 12.9. The number of likely N-dealkylation sites (N-methyl/N-ethyl adjacent to an activating group) is 1. The normalized spacial score (nSPS) is 18.1. The number of anilines is 1. The minimum absolute atomic E-state index is 0.143. The molecule has 2 aliphatic rings. The van der Waals surface area contributed by atoms with Crippen LogP contribution >= 0.6 is 0 Å². The number of aryl methyl sites for hydroxylation is 2. The van der Waals surface area contributed by atoms with Crippen LogP contribution in [-0.2, 0) is 11.2 Å². The van der Waals surface area contributed by atoms with E-state index in [1.165, 1.54) is 17.7 Å². The summed E-state index contributed by atoms with van der Waals surface area (Å²) in [5.41, 5.74) is 5.92. The van der Waals surface area contributed by atoms with E-state index in [0.717, 1.165) is 43.9 Å². The summed E-state index contributed by atoms with van der Waals surface area (Å²) in [7, 11) is 2.19. The van der Waals surface area contributed by atoms with Crippen LogP contribution in [0.25, 0.3) is 17.4 Å². The molecule has 2 aromatic heterocycles. The molecule has 3 aromatic rings. The largest absolute Gasteiger partial charge is 0.370 e. The van der Waals surface area contributed by atoms with Gasteiger partial charge in [-0.25, -0.2) is 9.97 Å². The van der Waals surface area contributed by atoms with E-state index in [1.54, 1.807) is 0 Å². The van der Waals surface area contributed by atoms with Crippen LogP contribution in [0.1, 0.15) is 35.4 Å². The van der Waals surface area contributed by atoms with Crippen molar-refractivity contribution in [1.82, 2.24) is 19.3 Å². The molecule has 6 nitrogen and oxygen atoms in total. The van der Waals surface area contributed by atoms with Crippen LogP contribution in [0.15, 0.2) is 36.7 Å². The molecule has 1 aliphatic carbocycles. The second kappa shape index (κ2) is 7.69. The third-order valence-electron chi connectivity index (χ3n) is 6.17. The van der Waals surface area contributed by atoms with Gasteiger partial charge in [-0.15, -0.1) is 0 Å². The van der Waals surface area contributed by atoms with Crippen LogP contribution in [-0.4, -0.2) is 58.3 Å². The Morgan fingerprint density at radius 3 is 2.80 bits per heavy atom. The summed E-state index contributed by atoms with van der Waals surface area (Å²) in [6, 6.07) is 8.58. The fraction of sp³-hybridized carbons (Fsp3) is 0.375. The van der Waals surface area contributed by atoms with E-state index in [4.69, 9.17) is 0 Å². The van der Waals surface area contributed by atoms with Crippen LogP contribution < -0.4 is 4.90 Å². The summed E-state index contributed by atoms with van der Waals surface area (Å²) >= 11 is 0. The molecule has 1 fully saturated rings. The molecule has 0 spiro atoms. The van der Waals surface area contributed by atoms with Crippen molar-refractivity contribution in [3.63, 3.8) is 0 Å². The predicted molar refractivity (Wildman–Crippen MR) is 120 cm³/mol. The Balaban J connectivity index is 1.49. The number of Topliss-reactive ketones (excluding diaryl/α,β-unsaturated/α-hetero) is 1. The van der Waals surface area contributed by atoms with Crippen molar-refractivity contribution in [3.8, 4) is 0 Å². The van der Waals surface area contributed by atoms with Crippen molar-refractivity contribution in [3.05, 3.63) is 59.2 Å². The van der Waals surface area contributed by atoms with Crippen molar-refractivity contribution in [2.24, 2.45) is 0 Å². The van der Waals surface area contributed by atoms with Gasteiger partial charge < -0.3 is 9.80 Å². The molecule has 0 bridgehead atoms. The molecule has 3 heterocycles. The highest BCUT2D eigenvalue weighted by Gasteiger charge is 2.21. The molecule has 1 aliphatic heterocycles. The minimum Gasteiger partial charge on any atom is -0.370 e. The molecule has 6 heteroatoms. The number of hydrogen-bond donors (Lipinski definition) is 0. The van der Waals surface area contributed by atoms with E-state index in [0.29, 0.717) is 23.5 Å². The summed E-state index contributed by atoms with van der Waals surface area (Å²) in [6.45, 7) is 6.30. The molecule has 30 heavy (non-hydrogen) atoms. The minimum atomic E-state index is 0.143. The van der Waals surface area contributed by atoms with Gasteiger partial charge in [-0.1, -0.05) is 6.07 Å². The zero-order valence-corrected chi connectivity index (χ0v) is 17.6. The van der Waals surface area contributed by atoms with Gasteiger partial charge in [0.25, 0.3) is 0 Å². The van der Waals surface area contributed by atoms with Gasteiger partial charge in [0.05, 0.1) is 5.69 Å². The molecule has 154 valence electrons. The number of carbonyl (C=O) groups is 1. The molecule has 0 unspecified atom stereocenters. The number of rotatable bonds is 2. The van der Waals surface area contributed by atoms with Gasteiger partial charge >= 0.3 is 0 Å². The van der Waals surface area contributed by atoms with Gasteiger partial charge in [0.15, 0.2) is 5.78 Å². The molecular formula is C24H27N5O. The second-order valence-electron chi connectivity index (χ2n) is 8.41. The third kappa shape index (κ3) is 3.63. The number of ketones is 1. The average molecular weight is 402 g/mol. The van der Waals surface area contributed by atoms with E-state index < -0.39 is 0 Å². The number of aromatic nitrogens is 3. The van der Waals surface area contributed by atoms with Crippen LogP contribution in [0.3, 0.4) is 0 Å². The Labute approximate surface area is 176 Å². The van der Waals surface area contributed by atoms with Crippen molar-refractivity contribution >= 4 is 28.9 Å². The van der Waals surface area contributed by atoms with Gasteiger partial charge in [-0.2, -0.15) is 0 Å². The highest BCUT2D eigenvalue weighted by atomic mass is 16.1. The van der Waals surface area contributed by atoms with Gasteiger partial charge in [0, 0.05) is 55.4 Å². The smallest absolute Gasteiger partial charge is 0.234 e. The first-order chi connectivity index (χ1) is 14.6. The Hall–Kier alpha value is -2.99. The van der Waals surface area contributed by atoms with Gasteiger partial charge in [0.1, 0.15) is 0 Å². The standard InChI is InChI=1S/C24H27N5O/c1-17-8-11-29-16-22(26-24(29)25-17)21-15-19-4-6-20(14-18(19)5-7-23(21)30)28-10-3-9-27(2)12-13-28/h4,6,8,11,14-16H,3,5,7,9-10,12-13H2,1-2H3. The number of imidazole rings is 1. The number of hydrogen-bond acceptors (Lipinski definition) is 5. The van der Waals surface area contributed by atoms with Gasteiger partial charge in [-0.05, 0) is 68.8 Å². The van der Waals surface area contributed by atoms with Crippen molar-refractivity contribution in [1.29, 1.82) is 0 Å². The fourth-order valence-corrected chi connectivity index (χ4v) is 4.38. The molecule has 0 saturated carbocycles. The van der Waals surface area contributed by atoms with Crippen LogP contribution in [0, 0.1) is 6.92 Å². The Morgan fingerprint density at radius 2 is 1.90 bits per heavy atom. The Morgan fingerprint density at radius 1 is 1.00 bits per heavy atom. The lowest BCUT2D eigenvalue weighted by atomic mass is 10.0. The lowest BCUT2D eigenvalue weighted by molar-refractivity contribution is -0.113. The predicted octanol–water partition coefficient (Wildman–Crippen LogP) is 3.24. The molecule has 0 radical (unpaired) electrons. The molecule has 0 N–H and O–H groups in total. The number of benzene rings is 1. The van der Waals surface area contributed by atoms with E-state index in [9.17, 15) is 4.79 Å². The first kappa shape index (κ1) is 19.0. The van der Waals surface area contributed by atoms with Crippen LogP contribution in [0.5, 0.6) is 0 Å². The first-order valence-corrected chi connectivity index (χ1v) is 10.7. The van der Waals surface area contributed by atoms with E-state index in [2.05, 4.69) is 45.0 Å². The lowest BCUT2D eigenvalue weighted by Crippen LogP contribution is -2.28. The number of carbonyl (C=O) groups excluding carboxylic acids is 1. The maximum absolute atomic E-state index is 12.9. The van der Waals surface area contributed by atoms with Crippen molar-refractivity contribution in [2.75, 3.05) is 38.1 Å². The molecule has 5 rings (SSSR count). The van der Waals surface area contributed by atoms with Crippen molar-refractivity contribution < 1.29 is 4.79 Å². The Bertz CT molecular complexity index is 1150. The zero-order chi connectivity index (χ0) is 20.7. The first-order valence-electron chi connectivity index (χ1n) is 10.7. The summed E-state index contributed by atoms with van der Waals surface area (Å²) in [5.74, 6) is 0.772. The Kier molecular flexibility index (Phi) is 4.87. The summed E-state index contributed by atoms with van der Waals surface area (Å²) in [4.78, 5) is 26.9. The number of nitrogens with zero attached hydrogens (tertiary/aromatic N) is 5. The maximum Gasteiger partial charge on any atom is 0.234 e. The fourth-order valence-electron chi connectivity index (χ4n) is 4.38. The van der Waals surface area contributed by atoms with E-state index in [1.807, 2.05) is 35.9 Å². The molecule has 0 amide bonds. The summed E-state index contributed by atoms with van der Waals surface area (Å²) < 4.78 is 1.88. The van der Waals surface area contributed by atoms with E-state index >= 15 is 0 Å². The number of fused-ring (bicyclic) bond motifs is 2. The molecule has 1 aromatic carbocycles. The van der Waals surface area contributed by atoms with Crippen LogP contribution in [0.4, 0.5) is 5.69 Å². The average Bonchev–Trinajstić information content (AvgIpc) is 2.91. The molecule has 1 saturated heterocycles. The summed E-state index contributed by atoms with van der Waals surface area (Å²) in [6.07, 6.45) is 8.30. The monoisotopic (exact) mass is 401 g/mol.